The number of rotatable bonds is 2. The van der Waals surface area contributed by atoms with E-state index in [4.69, 9.17) is 16.3 Å². The van der Waals surface area contributed by atoms with Crippen molar-refractivity contribution in [1.29, 1.82) is 0 Å². The van der Waals surface area contributed by atoms with E-state index in [0.717, 1.165) is 19.8 Å². The Morgan fingerprint density at radius 1 is 1.33 bits per heavy atom. The van der Waals surface area contributed by atoms with E-state index in [2.05, 4.69) is 18.7 Å². The molecule has 1 aliphatic heterocycles. The average molecular weight is 214 g/mol. The van der Waals surface area contributed by atoms with Gasteiger partial charge in [-0.1, -0.05) is 0 Å². The van der Waals surface area contributed by atoms with Gasteiger partial charge in [-0.25, -0.2) is 0 Å². The molecule has 0 radical (unpaired) electrons. The van der Waals surface area contributed by atoms with Crippen molar-refractivity contribution in [3.05, 3.63) is 0 Å². The molecule has 0 aromatic heterocycles. The van der Waals surface area contributed by atoms with Crippen LogP contribution in [0.1, 0.15) is 13.8 Å². The van der Waals surface area contributed by atoms with Crippen LogP contribution in [0.25, 0.3) is 0 Å². The normalized spacial score (nSPS) is 31.2. The Morgan fingerprint density at radius 2 is 1.83 bits per heavy atom. The third-order valence-electron chi connectivity index (χ3n) is 2.19. The molecule has 0 aromatic rings. The Labute approximate surface area is 85.6 Å². The number of halogens is 2. The van der Waals surface area contributed by atoms with Crippen molar-refractivity contribution in [2.75, 3.05) is 25.6 Å². The minimum Gasteiger partial charge on any atom is -0.378 e. The smallest absolute Gasteiger partial charge is 0.0620 e. The summed E-state index contributed by atoms with van der Waals surface area (Å²) in [6.07, 6.45) is 0. The molecule has 0 aliphatic carbocycles. The summed E-state index contributed by atoms with van der Waals surface area (Å²) in [4.78, 5) is 2.40. The lowest BCUT2D eigenvalue weighted by molar-refractivity contribution is -0.0334. The fourth-order valence-electron chi connectivity index (χ4n) is 1.57. The molecule has 4 heteroatoms. The average Bonchev–Trinajstić information content (AvgIpc) is 1.97. The maximum atomic E-state index is 5.68. The molecule has 0 aromatic carbocycles. The second-order valence-corrected chi connectivity index (χ2v) is 3.54. The van der Waals surface area contributed by atoms with Gasteiger partial charge < -0.3 is 4.74 Å². The van der Waals surface area contributed by atoms with Crippen molar-refractivity contribution in [3.8, 4) is 0 Å². The third kappa shape index (κ3) is 3.09. The molecule has 0 saturated carbocycles. The van der Waals surface area contributed by atoms with Crippen molar-refractivity contribution < 1.29 is 4.74 Å². The predicted molar refractivity (Wildman–Crippen MR) is 54.4 cm³/mol. The zero-order chi connectivity index (χ0) is 8.27. The van der Waals surface area contributed by atoms with E-state index >= 15 is 0 Å². The standard InChI is InChI=1S/C8H16ClNO.ClH/c1-7-5-11-6-8(2)10(7)4-3-9;/h7-8H,3-6H2,1-2H3;1H/t7-,8-;/m0./s1. The number of alkyl halides is 1. The van der Waals surface area contributed by atoms with Crippen molar-refractivity contribution >= 4 is 24.0 Å². The second-order valence-electron chi connectivity index (χ2n) is 3.16. The molecule has 74 valence electrons. The quantitative estimate of drug-likeness (QED) is 0.649. The molecule has 1 heterocycles. The van der Waals surface area contributed by atoms with Gasteiger partial charge in [0.1, 0.15) is 0 Å². The highest BCUT2D eigenvalue weighted by Gasteiger charge is 2.23. The van der Waals surface area contributed by atoms with E-state index in [-0.39, 0.29) is 12.4 Å². The Balaban J connectivity index is 0.00000121. The van der Waals surface area contributed by atoms with Crippen LogP contribution in [0.3, 0.4) is 0 Å². The highest BCUT2D eigenvalue weighted by Crippen LogP contribution is 2.12. The van der Waals surface area contributed by atoms with Gasteiger partial charge >= 0.3 is 0 Å². The summed E-state index contributed by atoms with van der Waals surface area (Å²) in [5, 5.41) is 0. The maximum absolute atomic E-state index is 5.68. The lowest BCUT2D eigenvalue weighted by Crippen LogP contribution is -2.50. The maximum Gasteiger partial charge on any atom is 0.0620 e. The highest BCUT2D eigenvalue weighted by molar-refractivity contribution is 6.18. The fourth-order valence-corrected chi connectivity index (χ4v) is 1.77. The number of ether oxygens (including phenoxy) is 1. The van der Waals surface area contributed by atoms with Crippen LogP contribution in [-0.2, 0) is 4.74 Å². The summed E-state index contributed by atoms with van der Waals surface area (Å²) in [6.45, 7) is 7.04. The Kier molecular flexibility index (Phi) is 6.28. The second kappa shape index (κ2) is 6.03. The number of hydrogen-bond donors (Lipinski definition) is 0. The molecule has 2 nitrogen and oxygen atoms in total. The van der Waals surface area contributed by atoms with Gasteiger partial charge in [-0.2, -0.15) is 0 Å². The first-order chi connectivity index (χ1) is 5.25. The van der Waals surface area contributed by atoms with Crippen molar-refractivity contribution in [2.45, 2.75) is 25.9 Å². The minimum absolute atomic E-state index is 0. The van der Waals surface area contributed by atoms with Crippen LogP contribution in [0.15, 0.2) is 0 Å². The molecule has 12 heavy (non-hydrogen) atoms. The predicted octanol–water partition coefficient (Wildman–Crippen LogP) is 1.76. The van der Waals surface area contributed by atoms with E-state index in [1.54, 1.807) is 0 Å². The van der Waals surface area contributed by atoms with Crippen LogP contribution in [0, 0.1) is 0 Å². The van der Waals surface area contributed by atoms with Crippen LogP contribution in [0.5, 0.6) is 0 Å². The summed E-state index contributed by atoms with van der Waals surface area (Å²) in [6, 6.07) is 1.05. The summed E-state index contributed by atoms with van der Waals surface area (Å²) in [7, 11) is 0. The van der Waals surface area contributed by atoms with Crippen LogP contribution < -0.4 is 0 Å². The zero-order valence-corrected chi connectivity index (χ0v) is 9.20. The molecule has 2 atom stereocenters. The molecule has 0 bridgehead atoms. The summed E-state index contributed by atoms with van der Waals surface area (Å²) in [5.74, 6) is 0.717. The van der Waals surface area contributed by atoms with Gasteiger partial charge in [-0.05, 0) is 13.8 Å². The molecule has 0 amide bonds. The first kappa shape index (κ1) is 12.5. The fraction of sp³-hybridized carbons (Fsp3) is 1.00. The van der Waals surface area contributed by atoms with Gasteiger partial charge in [0.05, 0.1) is 13.2 Å². The van der Waals surface area contributed by atoms with E-state index in [9.17, 15) is 0 Å². The third-order valence-corrected chi connectivity index (χ3v) is 2.36. The molecule has 1 aliphatic rings. The highest BCUT2D eigenvalue weighted by atomic mass is 35.5. The molecule has 1 fully saturated rings. The van der Waals surface area contributed by atoms with E-state index in [0.29, 0.717) is 18.0 Å². The lowest BCUT2D eigenvalue weighted by Gasteiger charge is -2.38. The zero-order valence-electron chi connectivity index (χ0n) is 7.62. The first-order valence-corrected chi connectivity index (χ1v) is 4.68. The van der Waals surface area contributed by atoms with Gasteiger partial charge in [0, 0.05) is 24.5 Å². The molecule has 0 spiro atoms. The summed E-state index contributed by atoms with van der Waals surface area (Å²) < 4.78 is 5.39. The van der Waals surface area contributed by atoms with Crippen LogP contribution in [-0.4, -0.2) is 42.6 Å². The van der Waals surface area contributed by atoms with Crippen LogP contribution in [0.4, 0.5) is 0 Å². The van der Waals surface area contributed by atoms with Crippen LogP contribution >= 0.6 is 24.0 Å². The minimum atomic E-state index is 0. The molecule has 0 N–H and O–H groups in total. The molecule has 1 rings (SSSR count). The largest absolute Gasteiger partial charge is 0.378 e. The first-order valence-electron chi connectivity index (χ1n) is 4.15. The van der Waals surface area contributed by atoms with Crippen molar-refractivity contribution in [1.82, 2.24) is 4.90 Å². The van der Waals surface area contributed by atoms with E-state index in [1.165, 1.54) is 0 Å². The van der Waals surface area contributed by atoms with Gasteiger partial charge in [0.25, 0.3) is 0 Å². The van der Waals surface area contributed by atoms with E-state index < -0.39 is 0 Å². The van der Waals surface area contributed by atoms with E-state index in [1.807, 2.05) is 0 Å². The van der Waals surface area contributed by atoms with Crippen molar-refractivity contribution in [3.63, 3.8) is 0 Å². The molecular weight excluding hydrogens is 197 g/mol. The van der Waals surface area contributed by atoms with Gasteiger partial charge in [-0.3, -0.25) is 4.90 Å². The number of nitrogens with zero attached hydrogens (tertiary/aromatic N) is 1. The number of morpholine rings is 1. The summed E-state index contributed by atoms with van der Waals surface area (Å²) in [5.41, 5.74) is 0. The molecular formula is C8H17Cl2NO. The van der Waals surface area contributed by atoms with Crippen molar-refractivity contribution in [2.24, 2.45) is 0 Å². The lowest BCUT2D eigenvalue weighted by atomic mass is 10.2. The van der Waals surface area contributed by atoms with Crippen LogP contribution in [0.2, 0.25) is 0 Å². The summed E-state index contributed by atoms with van der Waals surface area (Å²) >= 11 is 5.68. The van der Waals surface area contributed by atoms with Gasteiger partial charge in [0.15, 0.2) is 0 Å². The Morgan fingerprint density at radius 3 is 2.25 bits per heavy atom. The Bertz CT molecular complexity index is 114. The monoisotopic (exact) mass is 213 g/mol. The Hall–Kier alpha value is 0.500. The SMILES string of the molecule is C[C@H]1COC[C@H](C)N1CCCl.Cl. The van der Waals surface area contributed by atoms with Gasteiger partial charge in [0.2, 0.25) is 0 Å². The number of hydrogen-bond acceptors (Lipinski definition) is 2. The molecule has 1 saturated heterocycles. The molecule has 0 unspecified atom stereocenters. The van der Waals surface area contributed by atoms with Gasteiger partial charge in [-0.15, -0.1) is 24.0 Å². The topological polar surface area (TPSA) is 12.5 Å².